The van der Waals surface area contributed by atoms with Crippen LogP contribution in [0.15, 0.2) is 24.3 Å². The third-order valence-electron chi connectivity index (χ3n) is 2.83. The summed E-state index contributed by atoms with van der Waals surface area (Å²) in [5.41, 5.74) is 0.260. The van der Waals surface area contributed by atoms with E-state index >= 15 is 0 Å². The molecule has 0 aliphatic rings. The molecule has 0 fully saturated rings. The quantitative estimate of drug-likeness (QED) is 0.834. The zero-order chi connectivity index (χ0) is 16.8. The third kappa shape index (κ3) is 6.80. The largest absolute Gasteiger partial charge is 0.469 e. The number of esters is 1. The van der Waals surface area contributed by atoms with Crippen molar-refractivity contribution in [3.05, 3.63) is 34.9 Å². The summed E-state index contributed by atoms with van der Waals surface area (Å²) in [6, 6.07) is 6.73. The Labute approximate surface area is 135 Å². The van der Waals surface area contributed by atoms with Crippen molar-refractivity contribution in [2.24, 2.45) is 0 Å². The fourth-order valence-corrected chi connectivity index (χ4v) is 1.96. The SMILES string of the molecule is COC(=O)CCC(NC(=O)OC(C)(C)C)c1ccc(Cl)cc1. The van der Waals surface area contributed by atoms with Gasteiger partial charge in [-0.05, 0) is 44.9 Å². The molecule has 0 aromatic heterocycles. The number of hydrogen-bond acceptors (Lipinski definition) is 4. The number of ether oxygens (including phenoxy) is 2. The molecule has 1 unspecified atom stereocenters. The number of hydrogen-bond donors (Lipinski definition) is 1. The van der Waals surface area contributed by atoms with E-state index in [1.807, 2.05) is 12.1 Å². The second-order valence-electron chi connectivity index (χ2n) is 5.87. The lowest BCUT2D eigenvalue weighted by Crippen LogP contribution is -2.35. The lowest BCUT2D eigenvalue weighted by Gasteiger charge is -2.24. The molecule has 0 heterocycles. The monoisotopic (exact) mass is 327 g/mol. The number of alkyl carbamates (subject to hydrolysis) is 1. The van der Waals surface area contributed by atoms with Gasteiger partial charge in [0.15, 0.2) is 0 Å². The van der Waals surface area contributed by atoms with Gasteiger partial charge in [-0.15, -0.1) is 0 Å². The zero-order valence-electron chi connectivity index (χ0n) is 13.3. The first-order valence-corrected chi connectivity index (χ1v) is 7.41. The summed E-state index contributed by atoms with van der Waals surface area (Å²) in [7, 11) is 1.33. The first-order chi connectivity index (χ1) is 10.2. The molecule has 122 valence electrons. The Bertz CT molecular complexity index is 508. The van der Waals surface area contributed by atoms with Crippen molar-refractivity contribution in [1.82, 2.24) is 5.32 Å². The smallest absolute Gasteiger partial charge is 0.408 e. The van der Waals surface area contributed by atoms with Crippen LogP contribution in [0.2, 0.25) is 5.02 Å². The van der Waals surface area contributed by atoms with Crippen LogP contribution in [0.1, 0.15) is 45.2 Å². The molecule has 0 aliphatic heterocycles. The third-order valence-corrected chi connectivity index (χ3v) is 3.08. The van der Waals surface area contributed by atoms with E-state index in [1.54, 1.807) is 32.9 Å². The molecule has 0 spiro atoms. The van der Waals surface area contributed by atoms with Crippen LogP contribution >= 0.6 is 11.6 Å². The molecule has 0 saturated carbocycles. The van der Waals surface area contributed by atoms with E-state index in [0.717, 1.165) is 5.56 Å². The van der Waals surface area contributed by atoms with Gasteiger partial charge in [-0.1, -0.05) is 23.7 Å². The Morgan fingerprint density at radius 1 is 1.23 bits per heavy atom. The molecule has 0 bridgehead atoms. The van der Waals surface area contributed by atoms with Crippen LogP contribution in [-0.4, -0.2) is 24.8 Å². The summed E-state index contributed by atoms with van der Waals surface area (Å²) in [5.74, 6) is -0.329. The lowest BCUT2D eigenvalue weighted by atomic mass is 10.0. The van der Waals surface area contributed by atoms with Gasteiger partial charge in [0.25, 0.3) is 0 Å². The minimum Gasteiger partial charge on any atom is -0.469 e. The van der Waals surface area contributed by atoms with Gasteiger partial charge in [-0.3, -0.25) is 4.79 Å². The highest BCUT2D eigenvalue weighted by Gasteiger charge is 2.21. The highest BCUT2D eigenvalue weighted by atomic mass is 35.5. The molecule has 1 aromatic carbocycles. The molecule has 6 heteroatoms. The van der Waals surface area contributed by atoms with Crippen LogP contribution in [0.5, 0.6) is 0 Å². The van der Waals surface area contributed by atoms with E-state index in [0.29, 0.717) is 11.4 Å². The van der Waals surface area contributed by atoms with Crippen molar-refractivity contribution in [2.45, 2.75) is 45.3 Å². The summed E-state index contributed by atoms with van der Waals surface area (Å²) in [6.07, 6.45) is 0.0740. The molecule has 1 amide bonds. The van der Waals surface area contributed by atoms with Crippen LogP contribution in [0, 0.1) is 0 Å². The van der Waals surface area contributed by atoms with Gasteiger partial charge in [-0.25, -0.2) is 4.79 Å². The van der Waals surface area contributed by atoms with Gasteiger partial charge in [0.05, 0.1) is 13.2 Å². The molecule has 1 rings (SSSR count). The number of halogens is 1. The highest BCUT2D eigenvalue weighted by Crippen LogP contribution is 2.22. The van der Waals surface area contributed by atoms with E-state index in [4.69, 9.17) is 16.3 Å². The van der Waals surface area contributed by atoms with Crippen molar-refractivity contribution < 1.29 is 19.1 Å². The number of rotatable bonds is 5. The second-order valence-corrected chi connectivity index (χ2v) is 6.30. The lowest BCUT2D eigenvalue weighted by molar-refractivity contribution is -0.140. The maximum atomic E-state index is 11.9. The maximum absolute atomic E-state index is 11.9. The number of carbonyl (C=O) groups is 2. The van der Waals surface area contributed by atoms with Crippen LogP contribution in [0.4, 0.5) is 4.79 Å². The molecule has 1 N–H and O–H groups in total. The minimum atomic E-state index is -0.586. The first-order valence-electron chi connectivity index (χ1n) is 7.03. The Hall–Kier alpha value is -1.75. The molecule has 0 aliphatic carbocycles. The first kappa shape index (κ1) is 18.3. The number of carbonyl (C=O) groups excluding carboxylic acids is 2. The predicted octanol–water partition coefficient (Wildman–Crippen LogP) is 3.86. The average Bonchev–Trinajstić information content (AvgIpc) is 2.42. The molecule has 0 radical (unpaired) electrons. The Balaban J connectivity index is 2.79. The summed E-state index contributed by atoms with van der Waals surface area (Å²) < 4.78 is 9.89. The van der Waals surface area contributed by atoms with Crippen molar-refractivity contribution in [3.8, 4) is 0 Å². The molecule has 22 heavy (non-hydrogen) atoms. The van der Waals surface area contributed by atoms with E-state index < -0.39 is 11.7 Å². The highest BCUT2D eigenvalue weighted by molar-refractivity contribution is 6.30. The second kappa shape index (κ2) is 8.03. The number of benzene rings is 1. The van der Waals surface area contributed by atoms with Gasteiger partial charge in [0, 0.05) is 11.4 Å². The fourth-order valence-electron chi connectivity index (χ4n) is 1.83. The van der Waals surface area contributed by atoms with Gasteiger partial charge in [0.1, 0.15) is 5.60 Å². The maximum Gasteiger partial charge on any atom is 0.408 e. The van der Waals surface area contributed by atoms with Crippen LogP contribution in [0.3, 0.4) is 0 Å². The minimum absolute atomic E-state index is 0.194. The van der Waals surface area contributed by atoms with Crippen molar-refractivity contribution >= 4 is 23.7 Å². The normalized spacial score (nSPS) is 12.4. The Kier molecular flexibility index (Phi) is 6.68. The summed E-state index contributed by atoms with van der Waals surface area (Å²) in [4.78, 5) is 23.3. The number of amides is 1. The fraction of sp³-hybridized carbons (Fsp3) is 0.500. The summed E-state index contributed by atoms with van der Waals surface area (Å²) in [6.45, 7) is 5.37. The molecular weight excluding hydrogens is 306 g/mol. The van der Waals surface area contributed by atoms with Gasteiger partial charge in [-0.2, -0.15) is 0 Å². The summed E-state index contributed by atoms with van der Waals surface area (Å²) in [5, 5.41) is 3.38. The molecule has 1 atom stereocenters. The Morgan fingerprint density at radius 2 is 1.82 bits per heavy atom. The van der Waals surface area contributed by atoms with Crippen molar-refractivity contribution in [2.75, 3.05) is 7.11 Å². The van der Waals surface area contributed by atoms with Crippen molar-refractivity contribution in [1.29, 1.82) is 0 Å². The van der Waals surface area contributed by atoms with E-state index in [1.165, 1.54) is 7.11 Å². The van der Waals surface area contributed by atoms with Crippen molar-refractivity contribution in [3.63, 3.8) is 0 Å². The van der Waals surface area contributed by atoms with Crippen LogP contribution in [-0.2, 0) is 14.3 Å². The van der Waals surface area contributed by atoms with Crippen LogP contribution in [0.25, 0.3) is 0 Å². The molecule has 1 aromatic rings. The zero-order valence-corrected chi connectivity index (χ0v) is 14.1. The van der Waals surface area contributed by atoms with E-state index in [9.17, 15) is 9.59 Å². The van der Waals surface area contributed by atoms with Gasteiger partial charge >= 0.3 is 12.1 Å². The average molecular weight is 328 g/mol. The van der Waals surface area contributed by atoms with Crippen LogP contribution < -0.4 is 5.32 Å². The molecule has 5 nitrogen and oxygen atoms in total. The summed E-state index contributed by atoms with van der Waals surface area (Å²) >= 11 is 5.87. The van der Waals surface area contributed by atoms with E-state index in [-0.39, 0.29) is 18.4 Å². The molecular formula is C16H22ClNO4. The number of methoxy groups -OCH3 is 1. The topological polar surface area (TPSA) is 64.6 Å². The Morgan fingerprint density at radius 3 is 2.32 bits per heavy atom. The predicted molar refractivity (Wildman–Crippen MR) is 84.8 cm³/mol. The molecule has 0 saturated heterocycles. The van der Waals surface area contributed by atoms with E-state index in [2.05, 4.69) is 10.1 Å². The van der Waals surface area contributed by atoms with Gasteiger partial charge in [0.2, 0.25) is 0 Å². The van der Waals surface area contributed by atoms with Gasteiger partial charge < -0.3 is 14.8 Å². The standard InChI is InChI=1S/C16H22ClNO4/c1-16(2,3)22-15(20)18-13(9-10-14(19)21-4)11-5-7-12(17)8-6-11/h5-8,13H,9-10H2,1-4H3,(H,18,20). The number of nitrogens with one attached hydrogen (secondary N) is 1.